The third-order valence-corrected chi connectivity index (χ3v) is 2.52. The van der Waals surface area contributed by atoms with Gasteiger partial charge in [0, 0.05) is 25.0 Å². The van der Waals surface area contributed by atoms with Crippen molar-refractivity contribution in [2.24, 2.45) is 0 Å². The average molecular weight is 238 g/mol. The van der Waals surface area contributed by atoms with Crippen LogP contribution < -0.4 is 0 Å². The van der Waals surface area contributed by atoms with Crippen molar-refractivity contribution in [2.75, 3.05) is 20.3 Å². The fraction of sp³-hybridized carbons (Fsp3) is 0.250. The molecule has 1 aliphatic heterocycles. The number of halogens is 2. The molecular formula is C12H12F2N2O. The second-order valence-corrected chi connectivity index (χ2v) is 4.00. The molecule has 0 radical (unpaired) electrons. The molecule has 2 rings (SSSR count). The van der Waals surface area contributed by atoms with Gasteiger partial charge in [0.05, 0.1) is 13.2 Å². The summed E-state index contributed by atoms with van der Waals surface area (Å²) in [5, 5.41) is 0. The van der Waals surface area contributed by atoms with Crippen LogP contribution in [0.4, 0.5) is 8.78 Å². The van der Waals surface area contributed by atoms with Crippen LogP contribution in [0.5, 0.6) is 0 Å². The number of rotatable bonds is 3. The van der Waals surface area contributed by atoms with E-state index in [0.717, 1.165) is 12.1 Å². The quantitative estimate of drug-likeness (QED) is 0.750. The van der Waals surface area contributed by atoms with Gasteiger partial charge in [-0.2, -0.15) is 0 Å². The lowest BCUT2D eigenvalue weighted by atomic mass is 10.1. The van der Waals surface area contributed by atoms with Crippen molar-refractivity contribution < 1.29 is 13.6 Å². The molecular weight excluding hydrogens is 226 g/mol. The maximum absolute atomic E-state index is 13.0. The van der Waals surface area contributed by atoms with E-state index in [1.165, 1.54) is 6.07 Å². The fourth-order valence-electron chi connectivity index (χ4n) is 1.64. The second-order valence-electron chi connectivity index (χ2n) is 4.00. The predicted molar refractivity (Wildman–Crippen MR) is 59.2 cm³/mol. The molecule has 0 saturated carbocycles. The molecule has 0 fully saturated rings. The summed E-state index contributed by atoms with van der Waals surface area (Å²) in [4.78, 5) is 15.5. The smallest absolute Gasteiger partial charge is 0.182 e. The highest BCUT2D eigenvalue weighted by atomic mass is 19.2. The molecule has 0 spiro atoms. The minimum Gasteiger partial charge on any atom is -0.362 e. The van der Waals surface area contributed by atoms with Crippen LogP contribution in [0.3, 0.4) is 0 Å². The van der Waals surface area contributed by atoms with Gasteiger partial charge in [0.25, 0.3) is 0 Å². The first-order chi connectivity index (χ1) is 8.06. The van der Waals surface area contributed by atoms with Crippen LogP contribution in [0.1, 0.15) is 10.4 Å². The van der Waals surface area contributed by atoms with Crippen molar-refractivity contribution in [3.8, 4) is 0 Å². The molecule has 0 aromatic heterocycles. The van der Waals surface area contributed by atoms with Crippen LogP contribution in [0.15, 0.2) is 30.6 Å². The second kappa shape index (κ2) is 4.53. The standard InChI is InChI=1S/C12H12F2N2O/c1-15-4-5-16(8-15)7-12(17)9-2-3-10(13)11(14)6-9/h2-6H,7-8H2,1H3. The maximum Gasteiger partial charge on any atom is 0.182 e. The first-order valence-corrected chi connectivity index (χ1v) is 5.17. The van der Waals surface area contributed by atoms with Gasteiger partial charge in [0.2, 0.25) is 0 Å². The highest BCUT2D eigenvalue weighted by Crippen LogP contribution is 2.11. The van der Waals surface area contributed by atoms with Crippen molar-refractivity contribution in [1.29, 1.82) is 0 Å². The van der Waals surface area contributed by atoms with Crippen LogP contribution in [-0.4, -0.2) is 35.8 Å². The van der Waals surface area contributed by atoms with E-state index in [1.54, 1.807) is 11.1 Å². The molecule has 0 saturated heterocycles. The van der Waals surface area contributed by atoms with Gasteiger partial charge < -0.3 is 9.80 Å². The van der Waals surface area contributed by atoms with E-state index in [-0.39, 0.29) is 17.9 Å². The number of ketones is 1. The van der Waals surface area contributed by atoms with Gasteiger partial charge in [-0.25, -0.2) is 8.78 Å². The molecule has 0 bridgehead atoms. The molecule has 3 nitrogen and oxygen atoms in total. The van der Waals surface area contributed by atoms with Gasteiger partial charge in [-0.3, -0.25) is 4.79 Å². The van der Waals surface area contributed by atoms with E-state index in [1.807, 2.05) is 18.1 Å². The largest absolute Gasteiger partial charge is 0.362 e. The Kier molecular flexibility index (Phi) is 3.08. The van der Waals surface area contributed by atoms with Crippen molar-refractivity contribution in [1.82, 2.24) is 9.80 Å². The Labute approximate surface area is 97.9 Å². The molecule has 1 aromatic carbocycles. The lowest BCUT2D eigenvalue weighted by Crippen LogP contribution is -2.28. The summed E-state index contributed by atoms with van der Waals surface area (Å²) < 4.78 is 25.7. The van der Waals surface area contributed by atoms with E-state index < -0.39 is 11.6 Å². The summed E-state index contributed by atoms with van der Waals surface area (Å²) in [5.41, 5.74) is 0.187. The highest BCUT2D eigenvalue weighted by molar-refractivity contribution is 5.97. The van der Waals surface area contributed by atoms with Gasteiger partial charge >= 0.3 is 0 Å². The lowest BCUT2D eigenvalue weighted by molar-refractivity contribution is 0.0948. The fourth-order valence-corrected chi connectivity index (χ4v) is 1.64. The Hall–Kier alpha value is -1.91. The normalized spacial score (nSPS) is 14.5. The molecule has 0 amide bonds. The molecule has 1 aliphatic rings. The number of carbonyl (C=O) groups excluding carboxylic acids is 1. The van der Waals surface area contributed by atoms with Crippen LogP contribution in [0, 0.1) is 11.6 Å². The number of hydrogen-bond donors (Lipinski definition) is 0. The molecule has 5 heteroatoms. The van der Waals surface area contributed by atoms with Gasteiger partial charge in [0.15, 0.2) is 17.4 Å². The monoisotopic (exact) mass is 238 g/mol. The summed E-state index contributed by atoms with van der Waals surface area (Å²) in [5.74, 6) is -2.17. The summed E-state index contributed by atoms with van der Waals surface area (Å²) in [6.07, 6.45) is 3.64. The molecule has 17 heavy (non-hydrogen) atoms. The van der Waals surface area contributed by atoms with E-state index >= 15 is 0 Å². The third kappa shape index (κ3) is 2.61. The van der Waals surface area contributed by atoms with Crippen molar-refractivity contribution in [3.05, 3.63) is 47.8 Å². The summed E-state index contributed by atoms with van der Waals surface area (Å²) in [6, 6.07) is 3.19. The Morgan fingerprint density at radius 2 is 2.06 bits per heavy atom. The van der Waals surface area contributed by atoms with Gasteiger partial charge in [-0.05, 0) is 18.2 Å². The zero-order chi connectivity index (χ0) is 12.4. The van der Waals surface area contributed by atoms with Gasteiger partial charge in [0.1, 0.15) is 0 Å². The van der Waals surface area contributed by atoms with E-state index in [4.69, 9.17) is 0 Å². The van der Waals surface area contributed by atoms with Crippen molar-refractivity contribution in [2.45, 2.75) is 0 Å². The first-order valence-electron chi connectivity index (χ1n) is 5.17. The zero-order valence-electron chi connectivity index (χ0n) is 9.36. The minimum atomic E-state index is -0.995. The number of hydrogen-bond acceptors (Lipinski definition) is 3. The minimum absolute atomic E-state index is 0.159. The molecule has 0 aliphatic carbocycles. The summed E-state index contributed by atoms with van der Waals surface area (Å²) >= 11 is 0. The first kappa shape index (κ1) is 11.6. The Bertz CT molecular complexity index is 474. The molecule has 0 N–H and O–H groups in total. The number of nitrogens with zero attached hydrogens (tertiary/aromatic N) is 2. The topological polar surface area (TPSA) is 23.6 Å². The number of Topliss-reactive ketones (excluding diaryl/α,β-unsaturated/α-hetero) is 1. The van der Waals surface area contributed by atoms with Crippen LogP contribution >= 0.6 is 0 Å². The SMILES string of the molecule is CN1C=CN(CC(=O)c2ccc(F)c(F)c2)C1. The van der Waals surface area contributed by atoms with E-state index in [2.05, 4.69) is 0 Å². The van der Waals surface area contributed by atoms with Crippen LogP contribution in [-0.2, 0) is 0 Å². The van der Waals surface area contributed by atoms with Gasteiger partial charge in [-0.1, -0.05) is 0 Å². The Morgan fingerprint density at radius 1 is 1.29 bits per heavy atom. The number of carbonyl (C=O) groups is 1. The number of benzene rings is 1. The highest BCUT2D eigenvalue weighted by Gasteiger charge is 2.15. The summed E-state index contributed by atoms with van der Waals surface area (Å²) in [6.45, 7) is 0.779. The molecule has 1 aromatic rings. The van der Waals surface area contributed by atoms with Crippen LogP contribution in [0.25, 0.3) is 0 Å². The predicted octanol–water partition coefficient (Wildman–Crippen LogP) is 1.82. The van der Waals surface area contributed by atoms with Crippen LogP contribution in [0.2, 0.25) is 0 Å². The lowest BCUT2D eigenvalue weighted by Gasteiger charge is -2.17. The summed E-state index contributed by atoms with van der Waals surface area (Å²) in [7, 11) is 1.89. The molecule has 1 heterocycles. The zero-order valence-corrected chi connectivity index (χ0v) is 9.36. The van der Waals surface area contributed by atoms with E-state index in [9.17, 15) is 13.6 Å². The Morgan fingerprint density at radius 3 is 2.65 bits per heavy atom. The van der Waals surface area contributed by atoms with E-state index in [0.29, 0.717) is 6.67 Å². The molecule has 0 unspecified atom stereocenters. The molecule has 0 atom stereocenters. The maximum atomic E-state index is 13.0. The third-order valence-electron chi connectivity index (χ3n) is 2.52. The van der Waals surface area contributed by atoms with Gasteiger partial charge in [-0.15, -0.1) is 0 Å². The van der Waals surface area contributed by atoms with Crippen molar-refractivity contribution >= 4 is 5.78 Å². The average Bonchev–Trinajstić information content (AvgIpc) is 2.68. The van der Waals surface area contributed by atoms with Crippen molar-refractivity contribution in [3.63, 3.8) is 0 Å². The molecule has 90 valence electrons. The Balaban J connectivity index is 2.05.